The second-order valence-electron chi connectivity index (χ2n) is 5.36. The summed E-state index contributed by atoms with van der Waals surface area (Å²) in [5.74, 6) is 1.88. The van der Waals surface area contributed by atoms with Crippen molar-refractivity contribution in [3.05, 3.63) is 46.7 Å². The number of halogens is 1. The van der Waals surface area contributed by atoms with Crippen LogP contribution in [-0.2, 0) is 0 Å². The zero-order chi connectivity index (χ0) is 16.5. The van der Waals surface area contributed by atoms with Gasteiger partial charge >= 0.3 is 0 Å². The van der Waals surface area contributed by atoms with Crippen LogP contribution < -0.4 is 4.74 Å². The van der Waals surface area contributed by atoms with E-state index in [0.29, 0.717) is 11.5 Å². The first-order valence-corrected chi connectivity index (χ1v) is 7.86. The maximum absolute atomic E-state index is 9.22. The summed E-state index contributed by atoms with van der Waals surface area (Å²) < 4.78 is 5.85. The Morgan fingerprint density at radius 1 is 1.29 bits per heavy atom. The van der Waals surface area contributed by atoms with E-state index in [1.54, 1.807) is 6.07 Å². The molecule has 0 unspecified atom stereocenters. The van der Waals surface area contributed by atoms with Crippen molar-refractivity contribution in [3.8, 4) is 17.6 Å². The molecule has 0 fully saturated rings. The van der Waals surface area contributed by atoms with Gasteiger partial charge in [-0.25, -0.2) is 9.98 Å². The highest BCUT2D eigenvalue weighted by Crippen LogP contribution is 2.33. The first-order valence-electron chi connectivity index (χ1n) is 7.48. The van der Waals surface area contributed by atoms with E-state index in [1.165, 1.54) is 6.20 Å². The van der Waals surface area contributed by atoms with Gasteiger partial charge in [0.25, 0.3) is 0 Å². The minimum atomic E-state index is 0.125. The van der Waals surface area contributed by atoms with Gasteiger partial charge in [-0.15, -0.1) is 0 Å². The fourth-order valence-electron chi connectivity index (χ4n) is 2.71. The summed E-state index contributed by atoms with van der Waals surface area (Å²) in [7, 11) is 0. The SMILES string of the molecule is N#Cc1c(Oc2ccc3c(c2)C2=NCCCN2C=N3)ccnc1Cl. The Morgan fingerprint density at radius 2 is 2.21 bits per heavy atom. The zero-order valence-corrected chi connectivity index (χ0v) is 13.4. The Kier molecular flexibility index (Phi) is 3.63. The Hall–Kier alpha value is -2.91. The number of ether oxygens (including phenoxy) is 1. The molecule has 24 heavy (non-hydrogen) atoms. The monoisotopic (exact) mass is 337 g/mol. The number of aromatic nitrogens is 1. The molecule has 1 aromatic heterocycles. The van der Waals surface area contributed by atoms with Crippen molar-refractivity contribution in [1.82, 2.24) is 9.88 Å². The molecular weight excluding hydrogens is 326 g/mol. The molecule has 2 aromatic rings. The molecule has 7 heteroatoms. The molecule has 2 aliphatic heterocycles. The summed E-state index contributed by atoms with van der Waals surface area (Å²) in [4.78, 5) is 15.0. The van der Waals surface area contributed by atoms with E-state index in [9.17, 15) is 5.26 Å². The largest absolute Gasteiger partial charge is 0.456 e. The average Bonchev–Trinajstić information content (AvgIpc) is 2.62. The number of nitrogens with zero attached hydrogens (tertiary/aromatic N) is 5. The highest BCUT2D eigenvalue weighted by atomic mass is 35.5. The lowest BCUT2D eigenvalue weighted by Gasteiger charge is -2.29. The number of fused-ring (bicyclic) bond motifs is 3. The van der Waals surface area contributed by atoms with Crippen LogP contribution in [0, 0.1) is 11.3 Å². The Labute approximate surface area is 143 Å². The molecule has 4 rings (SSSR count). The van der Waals surface area contributed by atoms with Gasteiger partial charge in [-0.2, -0.15) is 5.26 Å². The van der Waals surface area contributed by atoms with Gasteiger partial charge in [0.15, 0.2) is 5.15 Å². The molecule has 0 saturated heterocycles. The fraction of sp³-hybridized carbons (Fsp3) is 0.176. The Balaban J connectivity index is 1.73. The van der Waals surface area contributed by atoms with Crippen molar-refractivity contribution < 1.29 is 4.74 Å². The highest BCUT2D eigenvalue weighted by Gasteiger charge is 2.22. The van der Waals surface area contributed by atoms with Crippen molar-refractivity contribution in [1.29, 1.82) is 5.26 Å². The van der Waals surface area contributed by atoms with Gasteiger partial charge in [0, 0.05) is 30.9 Å². The van der Waals surface area contributed by atoms with Crippen LogP contribution in [0.5, 0.6) is 11.5 Å². The fourth-order valence-corrected chi connectivity index (χ4v) is 2.90. The quantitative estimate of drug-likeness (QED) is 0.786. The normalized spacial score (nSPS) is 15.2. The second-order valence-corrected chi connectivity index (χ2v) is 5.72. The van der Waals surface area contributed by atoms with Crippen molar-refractivity contribution in [2.45, 2.75) is 6.42 Å². The maximum atomic E-state index is 9.22. The predicted molar refractivity (Wildman–Crippen MR) is 91.4 cm³/mol. The van der Waals surface area contributed by atoms with Crippen LogP contribution in [0.15, 0.2) is 40.4 Å². The van der Waals surface area contributed by atoms with Crippen LogP contribution in [-0.4, -0.2) is 35.1 Å². The van der Waals surface area contributed by atoms with Gasteiger partial charge in [0.2, 0.25) is 0 Å². The summed E-state index contributed by atoms with van der Waals surface area (Å²) in [6, 6.07) is 9.21. The molecule has 6 nitrogen and oxygen atoms in total. The number of amidine groups is 1. The summed E-state index contributed by atoms with van der Waals surface area (Å²) in [5, 5.41) is 9.35. The predicted octanol–water partition coefficient (Wildman–Crippen LogP) is 3.52. The minimum Gasteiger partial charge on any atom is -0.456 e. The molecule has 0 saturated carbocycles. The van der Waals surface area contributed by atoms with Gasteiger partial charge in [0.05, 0.1) is 12.0 Å². The highest BCUT2D eigenvalue weighted by molar-refractivity contribution is 6.30. The molecule has 0 atom stereocenters. The van der Waals surface area contributed by atoms with Gasteiger partial charge in [-0.1, -0.05) is 11.6 Å². The van der Waals surface area contributed by atoms with E-state index < -0.39 is 0 Å². The second kappa shape index (κ2) is 5.95. The molecule has 0 radical (unpaired) electrons. The third-order valence-electron chi connectivity index (χ3n) is 3.84. The van der Waals surface area contributed by atoms with Crippen LogP contribution in [0.4, 0.5) is 5.69 Å². The molecule has 0 amide bonds. The van der Waals surface area contributed by atoms with E-state index in [2.05, 4.69) is 15.0 Å². The molecule has 0 spiro atoms. The van der Waals surface area contributed by atoms with Crippen molar-refractivity contribution in [2.24, 2.45) is 9.98 Å². The van der Waals surface area contributed by atoms with Gasteiger partial charge < -0.3 is 9.64 Å². The van der Waals surface area contributed by atoms with Crippen LogP contribution in [0.3, 0.4) is 0 Å². The first kappa shape index (κ1) is 14.7. The van der Waals surface area contributed by atoms with Gasteiger partial charge in [-0.3, -0.25) is 4.99 Å². The molecule has 2 aliphatic rings. The smallest absolute Gasteiger partial charge is 0.150 e. The summed E-state index contributed by atoms with van der Waals surface area (Å²) in [6.07, 6.45) is 4.34. The number of pyridine rings is 1. The van der Waals surface area contributed by atoms with E-state index >= 15 is 0 Å². The molecule has 0 N–H and O–H groups in total. The minimum absolute atomic E-state index is 0.125. The lowest BCUT2D eigenvalue weighted by Crippen LogP contribution is -2.36. The third kappa shape index (κ3) is 2.49. The standard InChI is InChI=1S/C17H12ClN5O/c18-16-13(9-19)15(4-6-20-16)24-11-2-3-14-12(8-11)17-21-5-1-7-23(17)10-22-14/h2-4,6,8,10H,1,5,7H2. The van der Waals surface area contributed by atoms with Gasteiger partial charge in [0.1, 0.15) is 29.0 Å². The number of aliphatic imine (C=N–C) groups is 2. The molecule has 0 aliphatic carbocycles. The maximum Gasteiger partial charge on any atom is 0.150 e. The van der Waals surface area contributed by atoms with Gasteiger partial charge in [-0.05, 0) is 24.6 Å². The Bertz CT molecular complexity index is 916. The van der Waals surface area contributed by atoms with E-state index in [1.807, 2.05) is 35.5 Å². The van der Waals surface area contributed by atoms with Crippen LogP contribution in [0.1, 0.15) is 17.5 Å². The van der Waals surface area contributed by atoms with Crippen molar-refractivity contribution in [2.75, 3.05) is 13.1 Å². The van der Waals surface area contributed by atoms with Crippen LogP contribution >= 0.6 is 11.6 Å². The Morgan fingerprint density at radius 3 is 3.08 bits per heavy atom. The molecule has 118 valence electrons. The number of benzene rings is 1. The first-order chi connectivity index (χ1) is 11.8. The number of nitriles is 1. The zero-order valence-electron chi connectivity index (χ0n) is 12.6. The summed E-state index contributed by atoms with van der Waals surface area (Å²) in [5.41, 5.74) is 1.99. The topological polar surface area (TPSA) is 73.9 Å². The number of hydrogen-bond acceptors (Lipinski definition) is 6. The van der Waals surface area contributed by atoms with Crippen LogP contribution in [0.2, 0.25) is 5.15 Å². The lowest BCUT2D eigenvalue weighted by atomic mass is 10.1. The molecule has 1 aromatic carbocycles. The van der Waals surface area contributed by atoms with E-state index in [4.69, 9.17) is 16.3 Å². The average molecular weight is 338 g/mol. The van der Waals surface area contributed by atoms with Crippen molar-refractivity contribution in [3.63, 3.8) is 0 Å². The molecular formula is C17H12ClN5O. The summed E-state index contributed by atoms with van der Waals surface area (Å²) in [6.45, 7) is 1.72. The lowest BCUT2D eigenvalue weighted by molar-refractivity contribution is 0.479. The third-order valence-corrected chi connectivity index (χ3v) is 4.13. The summed E-state index contributed by atoms with van der Waals surface area (Å²) >= 11 is 5.94. The van der Waals surface area contributed by atoms with Crippen LogP contribution in [0.25, 0.3) is 0 Å². The number of hydrogen-bond donors (Lipinski definition) is 0. The molecule has 0 bridgehead atoms. The molecule has 3 heterocycles. The van der Waals surface area contributed by atoms with E-state index in [0.717, 1.165) is 36.6 Å². The van der Waals surface area contributed by atoms with E-state index in [-0.39, 0.29) is 10.7 Å². The van der Waals surface area contributed by atoms with Crippen molar-refractivity contribution >= 4 is 29.5 Å². The number of rotatable bonds is 2.